The lowest BCUT2D eigenvalue weighted by Crippen LogP contribution is -2.17. The van der Waals surface area contributed by atoms with Gasteiger partial charge in [-0.15, -0.1) is 0 Å². The van der Waals surface area contributed by atoms with Gasteiger partial charge in [-0.1, -0.05) is 25.5 Å². The number of esters is 1. The fourth-order valence-electron chi connectivity index (χ4n) is 1.56. The Labute approximate surface area is 100 Å². The van der Waals surface area contributed by atoms with Gasteiger partial charge in [-0.2, -0.15) is 0 Å². The average molecular weight is 236 g/mol. The molecule has 0 bridgehead atoms. The third-order valence-electron chi connectivity index (χ3n) is 2.38. The zero-order chi connectivity index (χ0) is 12.8. The molecule has 0 spiro atoms. The Bertz CT molecular complexity index is 412. The molecule has 0 amide bonds. The quantitative estimate of drug-likeness (QED) is 0.798. The maximum Gasteiger partial charge on any atom is 0.339 e. The van der Waals surface area contributed by atoms with Crippen molar-refractivity contribution in [3.8, 4) is 0 Å². The van der Waals surface area contributed by atoms with E-state index in [1.165, 1.54) is 12.1 Å². The molecule has 1 rings (SSSR count). The van der Waals surface area contributed by atoms with Crippen molar-refractivity contribution in [3.05, 3.63) is 35.4 Å². The third kappa shape index (κ3) is 3.59. The smallest absolute Gasteiger partial charge is 0.339 e. The Kier molecular flexibility index (Phi) is 4.69. The highest BCUT2D eigenvalue weighted by atomic mass is 16.5. The molecule has 0 aliphatic heterocycles. The van der Waals surface area contributed by atoms with Gasteiger partial charge >= 0.3 is 11.9 Å². The van der Waals surface area contributed by atoms with Crippen LogP contribution in [0, 0.1) is 0 Å². The summed E-state index contributed by atoms with van der Waals surface area (Å²) in [6, 6.07) is 6.05. The first kappa shape index (κ1) is 13.2. The van der Waals surface area contributed by atoms with Crippen LogP contribution in [0.15, 0.2) is 24.3 Å². The number of ether oxygens (including phenoxy) is 1. The van der Waals surface area contributed by atoms with E-state index in [-0.39, 0.29) is 17.2 Å². The lowest BCUT2D eigenvalue weighted by atomic mass is 10.1. The molecule has 4 nitrogen and oxygen atoms in total. The van der Waals surface area contributed by atoms with Gasteiger partial charge in [0, 0.05) is 0 Å². The van der Waals surface area contributed by atoms with Crippen LogP contribution >= 0.6 is 0 Å². The number of carbonyl (C=O) groups is 2. The molecule has 17 heavy (non-hydrogen) atoms. The van der Waals surface area contributed by atoms with Gasteiger partial charge in [-0.25, -0.2) is 9.59 Å². The first-order chi connectivity index (χ1) is 8.06. The highest BCUT2D eigenvalue weighted by molar-refractivity contribution is 6.02. The van der Waals surface area contributed by atoms with Crippen LogP contribution < -0.4 is 0 Å². The van der Waals surface area contributed by atoms with E-state index >= 15 is 0 Å². The zero-order valence-corrected chi connectivity index (χ0v) is 9.97. The second-order valence-electron chi connectivity index (χ2n) is 3.86. The van der Waals surface area contributed by atoms with E-state index in [2.05, 4.69) is 0 Å². The van der Waals surface area contributed by atoms with E-state index in [0.29, 0.717) is 0 Å². The molecule has 0 aliphatic carbocycles. The molecule has 1 atom stereocenters. The minimum absolute atomic E-state index is 0.0267. The van der Waals surface area contributed by atoms with Crippen LogP contribution in [-0.2, 0) is 4.74 Å². The Morgan fingerprint density at radius 1 is 1.29 bits per heavy atom. The first-order valence-electron chi connectivity index (χ1n) is 5.59. The van der Waals surface area contributed by atoms with Gasteiger partial charge in [0.05, 0.1) is 17.2 Å². The highest BCUT2D eigenvalue weighted by Crippen LogP contribution is 2.12. The predicted octanol–water partition coefficient (Wildman–Crippen LogP) is 2.73. The molecule has 0 saturated carbocycles. The van der Waals surface area contributed by atoms with E-state index in [9.17, 15) is 9.59 Å². The number of benzene rings is 1. The Hall–Kier alpha value is -1.84. The number of aromatic carboxylic acids is 1. The summed E-state index contributed by atoms with van der Waals surface area (Å²) in [7, 11) is 0. The second-order valence-corrected chi connectivity index (χ2v) is 3.86. The standard InChI is InChI=1S/C13H16O4/c1-3-6-9(2)17-13(16)11-8-5-4-7-10(11)12(14)15/h4-5,7-9H,3,6H2,1-2H3,(H,14,15)/t9-/m1/s1. The van der Waals surface area contributed by atoms with Crippen LogP contribution in [-0.4, -0.2) is 23.1 Å². The summed E-state index contributed by atoms with van der Waals surface area (Å²) in [5, 5.41) is 8.94. The molecule has 1 aromatic carbocycles. The number of hydrogen-bond acceptors (Lipinski definition) is 3. The van der Waals surface area contributed by atoms with E-state index < -0.39 is 11.9 Å². The van der Waals surface area contributed by atoms with Crippen molar-refractivity contribution in [2.45, 2.75) is 32.8 Å². The fourth-order valence-corrected chi connectivity index (χ4v) is 1.56. The zero-order valence-electron chi connectivity index (χ0n) is 9.97. The largest absolute Gasteiger partial charge is 0.478 e. The van der Waals surface area contributed by atoms with Gasteiger partial charge in [0.2, 0.25) is 0 Å². The summed E-state index contributed by atoms with van der Waals surface area (Å²) >= 11 is 0. The van der Waals surface area contributed by atoms with Crippen molar-refractivity contribution in [1.82, 2.24) is 0 Å². The van der Waals surface area contributed by atoms with Gasteiger partial charge in [-0.3, -0.25) is 0 Å². The Morgan fingerprint density at radius 3 is 2.41 bits per heavy atom. The Balaban J connectivity index is 2.85. The van der Waals surface area contributed by atoms with Crippen LogP contribution in [0.4, 0.5) is 0 Å². The van der Waals surface area contributed by atoms with E-state index in [0.717, 1.165) is 12.8 Å². The van der Waals surface area contributed by atoms with Crippen LogP contribution in [0.25, 0.3) is 0 Å². The van der Waals surface area contributed by atoms with Gasteiger partial charge in [0.15, 0.2) is 0 Å². The van der Waals surface area contributed by atoms with Crippen molar-refractivity contribution < 1.29 is 19.4 Å². The summed E-state index contributed by atoms with van der Waals surface area (Å²) in [6.45, 7) is 3.79. The topological polar surface area (TPSA) is 63.6 Å². The van der Waals surface area contributed by atoms with E-state index in [1.54, 1.807) is 19.1 Å². The van der Waals surface area contributed by atoms with Gasteiger partial charge in [0.1, 0.15) is 0 Å². The van der Waals surface area contributed by atoms with Crippen LogP contribution in [0.3, 0.4) is 0 Å². The average Bonchev–Trinajstić information content (AvgIpc) is 2.29. The molecule has 1 N–H and O–H groups in total. The van der Waals surface area contributed by atoms with E-state index in [4.69, 9.17) is 9.84 Å². The van der Waals surface area contributed by atoms with E-state index in [1.807, 2.05) is 6.92 Å². The molecular formula is C13H16O4. The molecule has 0 aromatic heterocycles. The SMILES string of the molecule is CCC[C@@H](C)OC(=O)c1ccccc1C(=O)O. The molecule has 0 radical (unpaired) electrons. The summed E-state index contributed by atoms with van der Waals surface area (Å²) in [4.78, 5) is 22.7. The number of carboxylic acids is 1. The molecule has 0 saturated heterocycles. The molecular weight excluding hydrogens is 220 g/mol. The van der Waals surface area contributed by atoms with Gasteiger partial charge < -0.3 is 9.84 Å². The molecule has 0 fully saturated rings. The minimum atomic E-state index is -1.12. The van der Waals surface area contributed by atoms with Crippen molar-refractivity contribution in [3.63, 3.8) is 0 Å². The summed E-state index contributed by atoms with van der Waals surface area (Å²) in [6.07, 6.45) is 1.48. The normalized spacial score (nSPS) is 11.9. The van der Waals surface area contributed by atoms with Crippen molar-refractivity contribution in [2.75, 3.05) is 0 Å². The minimum Gasteiger partial charge on any atom is -0.478 e. The molecule has 1 aromatic rings. The number of hydrogen-bond donors (Lipinski definition) is 1. The number of carbonyl (C=O) groups excluding carboxylic acids is 1. The summed E-state index contributed by atoms with van der Waals surface area (Å²) < 4.78 is 5.17. The predicted molar refractivity (Wildman–Crippen MR) is 63.2 cm³/mol. The molecule has 92 valence electrons. The molecule has 4 heteroatoms. The molecule has 0 aliphatic rings. The van der Waals surface area contributed by atoms with Crippen molar-refractivity contribution >= 4 is 11.9 Å². The maximum absolute atomic E-state index is 11.8. The van der Waals surface area contributed by atoms with Crippen LogP contribution in [0.5, 0.6) is 0 Å². The van der Waals surface area contributed by atoms with Crippen molar-refractivity contribution in [2.24, 2.45) is 0 Å². The third-order valence-corrected chi connectivity index (χ3v) is 2.38. The van der Waals surface area contributed by atoms with Gasteiger partial charge in [0.25, 0.3) is 0 Å². The number of carboxylic acid groups (broad SMARTS) is 1. The van der Waals surface area contributed by atoms with Crippen LogP contribution in [0.1, 0.15) is 47.4 Å². The monoisotopic (exact) mass is 236 g/mol. The Morgan fingerprint density at radius 2 is 1.88 bits per heavy atom. The highest BCUT2D eigenvalue weighted by Gasteiger charge is 2.18. The summed E-state index contributed by atoms with van der Waals surface area (Å²) in [5.74, 6) is -1.70. The number of rotatable bonds is 5. The fraction of sp³-hybridized carbons (Fsp3) is 0.385. The second kappa shape index (κ2) is 6.03. The first-order valence-corrected chi connectivity index (χ1v) is 5.59. The van der Waals surface area contributed by atoms with Crippen LogP contribution in [0.2, 0.25) is 0 Å². The maximum atomic E-state index is 11.8. The molecule has 0 heterocycles. The van der Waals surface area contributed by atoms with Crippen molar-refractivity contribution in [1.29, 1.82) is 0 Å². The lowest BCUT2D eigenvalue weighted by molar-refractivity contribution is 0.0317. The lowest BCUT2D eigenvalue weighted by Gasteiger charge is -2.13. The van der Waals surface area contributed by atoms with Gasteiger partial charge in [-0.05, 0) is 25.5 Å². The summed E-state index contributed by atoms with van der Waals surface area (Å²) in [5.41, 5.74) is 0.0733. The molecule has 0 unspecified atom stereocenters.